The number of methoxy groups -OCH3 is 1. The number of thiophene rings is 1. The van der Waals surface area contributed by atoms with Gasteiger partial charge in [0.25, 0.3) is 5.56 Å². The lowest BCUT2D eigenvalue weighted by atomic mass is 9.97. The van der Waals surface area contributed by atoms with Crippen LogP contribution in [0.15, 0.2) is 34.2 Å². The lowest BCUT2D eigenvalue weighted by molar-refractivity contribution is -0.131. The summed E-state index contributed by atoms with van der Waals surface area (Å²) in [6.07, 6.45) is 7.47. The van der Waals surface area contributed by atoms with Crippen molar-refractivity contribution in [3.8, 4) is 11.4 Å². The van der Waals surface area contributed by atoms with Crippen LogP contribution in [0.4, 0.5) is 0 Å². The third-order valence-corrected chi connectivity index (χ3v) is 8.84. The molecule has 0 saturated carbocycles. The first-order valence-corrected chi connectivity index (χ1v) is 13.5. The smallest absolute Gasteiger partial charge is 0.267 e. The Morgan fingerprint density at radius 2 is 2.03 bits per heavy atom. The van der Waals surface area contributed by atoms with E-state index in [-0.39, 0.29) is 23.3 Å². The summed E-state index contributed by atoms with van der Waals surface area (Å²) in [7, 11) is 1.61. The highest BCUT2D eigenvalue weighted by atomic mass is 32.2. The van der Waals surface area contributed by atoms with Gasteiger partial charge in [0.1, 0.15) is 10.6 Å². The number of fused-ring (bicyclic) bond motifs is 3. The predicted octanol–water partition coefficient (Wildman–Crippen LogP) is 4.83. The Kier molecular flexibility index (Phi) is 6.47. The molecule has 0 bridgehead atoms. The number of ether oxygens (including phenoxy) is 1. The van der Waals surface area contributed by atoms with Gasteiger partial charge in [0.15, 0.2) is 5.16 Å². The summed E-state index contributed by atoms with van der Waals surface area (Å²) in [6.45, 7) is 2.93. The van der Waals surface area contributed by atoms with E-state index in [1.807, 2.05) is 29.2 Å². The molecule has 1 saturated heterocycles. The van der Waals surface area contributed by atoms with Crippen LogP contribution >= 0.6 is 23.1 Å². The third kappa shape index (κ3) is 4.19. The van der Waals surface area contributed by atoms with Crippen molar-refractivity contribution in [1.82, 2.24) is 14.5 Å². The van der Waals surface area contributed by atoms with Crippen molar-refractivity contribution in [3.05, 3.63) is 45.1 Å². The molecule has 1 aliphatic carbocycles. The molecule has 2 aliphatic rings. The maximum Gasteiger partial charge on any atom is 0.267 e. The van der Waals surface area contributed by atoms with Crippen LogP contribution in [0.3, 0.4) is 0 Å². The molecule has 5 rings (SSSR count). The minimum atomic E-state index is -0.0646. The number of aromatic nitrogens is 2. The average molecular weight is 484 g/mol. The number of para-hydroxylation sites is 2. The summed E-state index contributed by atoms with van der Waals surface area (Å²) in [5, 5.41) is 1.29. The molecular weight excluding hydrogens is 454 g/mol. The number of rotatable bonds is 5. The molecule has 1 atom stereocenters. The monoisotopic (exact) mass is 483 g/mol. The summed E-state index contributed by atoms with van der Waals surface area (Å²) in [5.41, 5.74) is 1.76. The van der Waals surface area contributed by atoms with Crippen LogP contribution in [0.5, 0.6) is 5.75 Å². The highest BCUT2D eigenvalue weighted by Gasteiger charge is 2.26. The van der Waals surface area contributed by atoms with Crippen LogP contribution < -0.4 is 10.3 Å². The van der Waals surface area contributed by atoms with Crippen LogP contribution in [-0.4, -0.2) is 45.8 Å². The largest absolute Gasteiger partial charge is 0.495 e. The van der Waals surface area contributed by atoms with Gasteiger partial charge in [-0.1, -0.05) is 23.9 Å². The van der Waals surface area contributed by atoms with Gasteiger partial charge in [-0.2, -0.15) is 0 Å². The van der Waals surface area contributed by atoms with E-state index >= 15 is 0 Å². The number of hydrogen-bond donors (Lipinski definition) is 0. The lowest BCUT2D eigenvalue weighted by Gasteiger charge is -2.33. The van der Waals surface area contributed by atoms with Crippen molar-refractivity contribution in [1.29, 1.82) is 0 Å². The molecule has 3 heterocycles. The van der Waals surface area contributed by atoms with Crippen molar-refractivity contribution in [2.75, 3.05) is 19.4 Å². The van der Waals surface area contributed by atoms with E-state index in [4.69, 9.17) is 9.72 Å². The fraction of sp³-hybridized carbons (Fsp3) is 0.480. The number of likely N-dealkylation sites (tertiary alicyclic amines) is 1. The molecule has 1 aliphatic heterocycles. The lowest BCUT2D eigenvalue weighted by Crippen LogP contribution is -2.43. The van der Waals surface area contributed by atoms with Gasteiger partial charge in [-0.05, 0) is 69.6 Å². The molecule has 6 nitrogen and oxygen atoms in total. The average Bonchev–Trinajstić information content (AvgIpc) is 3.21. The second-order valence-electron chi connectivity index (χ2n) is 8.82. The molecular formula is C25H29N3O3S2. The predicted molar refractivity (Wildman–Crippen MR) is 134 cm³/mol. The molecule has 1 fully saturated rings. The van der Waals surface area contributed by atoms with E-state index in [1.165, 1.54) is 23.1 Å². The number of carbonyl (C=O) groups is 1. The van der Waals surface area contributed by atoms with Crippen molar-refractivity contribution >= 4 is 39.2 Å². The number of thioether (sulfide) groups is 1. The van der Waals surface area contributed by atoms with Crippen LogP contribution in [0.1, 0.15) is 49.5 Å². The summed E-state index contributed by atoms with van der Waals surface area (Å²) < 4.78 is 7.23. The zero-order chi connectivity index (χ0) is 22.9. The van der Waals surface area contributed by atoms with E-state index in [1.54, 1.807) is 23.0 Å². The van der Waals surface area contributed by atoms with Gasteiger partial charge in [-0.15, -0.1) is 11.3 Å². The standard InChI is InChI=1S/C25H29N3O3S2/c1-16-9-7-8-14-27(16)21(29)15-32-25-26-23-22(17-10-3-6-13-20(17)33-23)24(30)28(25)18-11-4-5-12-19(18)31-2/h4-5,11-12,16H,3,6-10,13-15H2,1-2H3/t16-/m1/s1. The van der Waals surface area contributed by atoms with E-state index in [0.717, 1.165) is 60.8 Å². The van der Waals surface area contributed by atoms with Crippen molar-refractivity contribution in [3.63, 3.8) is 0 Å². The van der Waals surface area contributed by atoms with Gasteiger partial charge in [0.05, 0.1) is 23.9 Å². The quantitative estimate of drug-likeness (QED) is 0.384. The zero-order valence-electron chi connectivity index (χ0n) is 19.1. The second-order valence-corrected chi connectivity index (χ2v) is 10.8. The highest BCUT2D eigenvalue weighted by Crippen LogP contribution is 2.36. The fourth-order valence-electron chi connectivity index (χ4n) is 4.99. The maximum absolute atomic E-state index is 13.9. The fourth-order valence-corrected chi connectivity index (χ4v) is 7.18. The molecule has 2 aromatic heterocycles. The van der Waals surface area contributed by atoms with E-state index in [2.05, 4.69) is 6.92 Å². The molecule has 0 radical (unpaired) electrons. The van der Waals surface area contributed by atoms with Crippen molar-refractivity contribution < 1.29 is 9.53 Å². The maximum atomic E-state index is 13.9. The number of carbonyl (C=O) groups excluding carboxylic acids is 1. The Labute approximate surface area is 202 Å². The van der Waals surface area contributed by atoms with Crippen molar-refractivity contribution in [2.45, 2.75) is 63.1 Å². The van der Waals surface area contributed by atoms with Gasteiger partial charge in [0, 0.05) is 17.5 Å². The van der Waals surface area contributed by atoms with Gasteiger partial charge in [0.2, 0.25) is 5.91 Å². The number of benzene rings is 1. The number of amides is 1. The number of hydrogen-bond acceptors (Lipinski definition) is 6. The normalized spacial score (nSPS) is 18.4. The Morgan fingerprint density at radius 3 is 2.85 bits per heavy atom. The highest BCUT2D eigenvalue weighted by molar-refractivity contribution is 7.99. The first-order chi connectivity index (χ1) is 16.1. The van der Waals surface area contributed by atoms with Crippen LogP contribution in [-0.2, 0) is 17.6 Å². The molecule has 1 amide bonds. The second kappa shape index (κ2) is 9.50. The summed E-state index contributed by atoms with van der Waals surface area (Å²) >= 11 is 2.99. The van der Waals surface area contributed by atoms with Gasteiger partial charge >= 0.3 is 0 Å². The number of nitrogens with zero attached hydrogens (tertiary/aromatic N) is 3. The zero-order valence-corrected chi connectivity index (χ0v) is 20.8. The molecule has 174 valence electrons. The minimum Gasteiger partial charge on any atom is -0.495 e. The van der Waals surface area contributed by atoms with Crippen molar-refractivity contribution in [2.24, 2.45) is 0 Å². The molecule has 0 N–H and O–H groups in total. The molecule has 3 aromatic rings. The number of piperidine rings is 1. The first-order valence-electron chi connectivity index (χ1n) is 11.7. The Balaban J connectivity index is 1.59. The topological polar surface area (TPSA) is 64.4 Å². The summed E-state index contributed by atoms with van der Waals surface area (Å²) in [6, 6.07) is 7.78. The van der Waals surface area contributed by atoms with Gasteiger partial charge < -0.3 is 9.64 Å². The van der Waals surface area contributed by atoms with Gasteiger partial charge in [-0.25, -0.2) is 4.98 Å². The van der Waals surface area contributed by atoms with E-state index in [9.17, 15) is 9.59 Å². The van der Waals surface area contributed by atoms with E-state index in [0.29, 0.717) is 16.6 Å². The van der Waals surface area contributed by atoms with Crippen LogP contribution in [0.25, 0.3) is 15.9 Å². The SMILES string of the molecule is COc1ccccc1-n1c(SCC(=O)N2CCCC[C@H]2C)nc2sc3c(c2c1=O)CCCC3. The Hall–Kier alpha value is -2.32. The van der Waals surface area contributed by atoms with Gasteiger partial charge in [-0.3, -0.25) is 14.2 Å². The van der Waals surface area contributed by atoms with Crippen LogP contribution in [0.2, 0.25) is 0 Å². The molecule has 1 aromatic carbocycles. The Bertz CT molecular complexity index is 1250. The summed E-state index contributed by atoms with van der Waals surface area (Å²) in [5.74, 6) is 0.990. The molecule has 8 heteroatoms. The number of aryl methyl sites for hydroxylation is 2. The minimum absolute atomic E-state index is 0.0646. The molecule has 33 heavy (non-hydrogen) atoms. The van der Waals surface area contributed by atoms with Crippen LogP contribution in [0, 0.1) is 0 Å². The summed E-state index contributed by atoms with van der Waals surface area (Å²) in [4.78, 5) is 35.9. The Morgan fingerprint density at radius 1 is 1.21 bits per heavy atom. The van der Waals surface area contributed by atoms with E-state index < -0.39 is 0 Å². The molecule has 0 spiro atoms. The third-order valence-electron chi connectivity index (χ3n) is 6.73. The molecule has 0 unspecified atom stereocenters. The first kappa shape index (κ1) is 22.5.